The molecule has 0 atom stereocenters. The fourth-order valence-corrected chi connectivity index (χ4v) is 4.07. The Bertz CT molecular complexity index is 1150. The van der Waals surface area contributed by atoms with Crippen molar-refractivity contribution in [3.05, 3.63) is 113 Å². The molecule has 0 unspecified atom stereocenters. The second-order valence-corrected chi connectivity index (χ2v) is 7.88. The van der Waals surface area contributed by atoms with Gasteiger partial charge in [0.1, 0.15) is 6.61 Å². The highest BCUT2D eigenvalue weighted by molar-refractivity contribution is 6.08. The molecule has 0 fully saturated rings. The lowest BCUT2D eigenvalue weighted by atomic mass is 9.85. The van der Waals surface area contributed by atoms with Crippen molar-refractivity contribution in [1.82, 2.24) is 9.88 Å². The van der Waals surface area contributed by atoms with Gasteiger partial charge in [-0.05, 0) is 60.4 Å². The third kappa shape index (κ3) is 4.43. The highest BCUT2D eigenvalue weighted by atomic mass is 16.5. The highest BCUT2D eigenvalue weighted by Gasteiger charge is 2.26. The molecule has 1 aromatic heterocycles. The average molecular weight is 411 g/mol. The van der Waals surface area contributed by atoms with E-state index < -0.39 is 0 Å². The van der Waals surface area contributed by atoms with Crippen LogP contribution in [0, 0.1) is 6.92 Å². The van der Waals surface area contributed by atoms with Gasteiger partial charge in [-0.3, -0.25) is 4.98 Å². The Labute approximate surface area is 183 Å². The molecule has 0 saturated heterocycles. The molecule has 4 nitrogen and oxygen atoms in total. The standard InChI is InChI=1S/C27H26N2O2/c1-19-8-7-11-23(16-19)25-20(2)17-29(3)24(26(25)21-12-14-28-15-13-21)18-31-27(30)22-9-5-4-6-10-22/h4-16H,17-18H2,1-3H3. The van der Waals surface area contributed by atoms with Crippen molar-refractivity contribution < 1.29 is 9.53 Å². The van der Waals surface area contributed by atoms with Crippen LogP contribution in [-0.4, -0.2) is 36.1 Å². The number of carbonyl (C=O) groups excluding carboxylic acids is 1. The minimum atomic E-state index is -0.320. The topological polar surface area (TPSA) is 42.4 Å². The number of allylic oxidation sites excluding steroid dienone is 2. The summed E-state index contributed by atoms with van der Waals surface area (Å²) < 4.78 is 5.76. The van der Waals surface area contributed by atoms with Gasteiger partial charge in [-0.15, -0.1) is 0 Å². The summed E-state index contributed by atoms with van der Waals surface area (Å²) in [5.74, 6) is -0.320. The molecule has 2 aromatic carbocycles. The van der Waals surface area contributed by atoms with E-state index in [-0.39, 0.29) is 12.6 Å². The molecule has 3 aromatic rings. The predicted molar refractivity (Wildman–Crippen MR) is 124 cm³/mol. The summed E-state index contributed by atoms with van der Waals surface area (Å²) in [6.07, 6.45) is 3.60. The number of likely N-dealkylation sites (N-methyl/N-ethyl adjacent to an activating group) is 1. The maximum Gasteiger partial charge on any atom is 0.338 e. The van der Waals surface area contributed by atoms with Crippen molar-refractivity contribution >= 4 is 17.1 Å². The van der Waals surface area contributed by atoms with Crippen molar-refractivity contribution in [3.63, 3.8) is 0 Å². The van der Waals surface area contributed by atoms with Crippen LogP contribution in [0.4, 0.5) is 0 Å². The van der Waals surface area contributed by atoms with Crippen LogP contribution in [0.5, 0.6) is 0 Å². The van der Waals surface area contributed by atoms with Crippen LogP contribution in [0.15, 0.2) is 90.4 Å². The molecule has 1 aliphatic heterocycles. The first-order valence-electron chi connectivity index (χ1n) is 10.4. The number of ether oxygens (including phenoxy) is 1. The van der Waals surface area contributed by atoms with Gasteiger partial charge < -0.3 is 9.64 Å². The van der Waals surface area contributed by atoms with Crippen molar-refractivity contribution in [2.75, 3.05) is 20.2 Å². The number of rotatable bonds is 5. The van der Waals surface area contributed by atoms with E-state index in [0.717, 1.165) is 23.4 Å². The molecule has 31 heavy (non-hydrogen) atoms. The molecule has 4 heteroatoms. The van der Waals surface area contributed by atoms with Gasteiger partial charge in [-0.2, -0.15) is 0 Å². The fraction of sp³-hybridized carbons (Fsp3) is 0.185. The third-order valence-electron chi connectivity index (χ3n) is 5.53. The minimum absolute atomic E-state index is 0.199. The summed E-state index contributed by atoms with van der Waals surface area (Å²) in [6, 6.07) is 21.7. The van der Waals surface area contributed by atoms with E-state index in [2.05, 4.69) is 48.0 Å². The Morgan fingerprint density at radius 3 is 2.39 bits per heavy atom. The van der Waals surface area contributed by atoms with Crippen LogP contribution in [0.1, 0.15) is 34.0 Å². The maximum absolute atomic E-state index is 12.6. The smallest absolute Gasteiger partial charge is 0.338 e. The van der Waals surface area contributed by atoms with E-state index >= 15 is 0 Å². The zero-order chi connectivity index (χ0) is 21.8. The zero-order valence-electron chi connectivity index (χ0n) is 18.1. The van der Waals surface area contributed by atoms with Crippen LogP contribution < -0.4 is 0 Å². The van der Waals surface area contributed by atoms with Gasteiger partial charge in [-0.1, -0.05) is 48.0 Å². The normalized spacial score (nSPS) is 14.1. The molecule has 0 spiro atoms. The highest BCUT2D eigenvalue weighted by Crippen LogP contribution is 2.40. The molecule has 156 valence electrons. The largest absolute Gasteiger partial charge is 0.456 e. The number of carbonyl (C=O) groups is 1. The van der Waals surface area contributed by atoms with E-state index in [1.165, 1.54) is 22.3 Å². The number of hydrogen-bond acceptors (Lipinski definition) is 4. The lowest BCUT2D eigenvalue weighted by Crippen LogP contribution is -2.29. The lowest BCUT2D eigenvalue weighted by Gasteiger charge is -2.33. The number of esters is 1. The van der Waals surface area contributed by atoms with E-state index in [9.17, 15) is 4.79 Å². The van der Waals surface area contributed by atoms with Crippen molar-refractivity contribution in [1.29, 1.82) is 0 Å². The minimum Gasteiger partial charge on any atom is -0.456 e. The Hall–Kier alpha value is -3.66. The maximum atomic E-state index is 12.6. The first-order chi connectivity index (χ1) is 15.0. The van der Waals surface area contributed by atoms with Crippen LogP contribution >= 0.6 is 0 Å². The fourth-order valence-electron chi connectivity index (χ4n) is 4.07. The molecular weight excluding hydrogens is 384 g/mol. The Kier molecular flexibility index (Phi) is 5.99. The van der Waals surface area contributed by atoms with E-state index in [1.54, 1.807) is 24.5 Å². The van der Waals surface area contributed by atoms with E-state index in [1.807, 2.05) is 37.4 Å². The molecule has 0 bridgehead atoms. The van der Waals surface area contributed by atoms with Crippen LogP contribution in [-0.2, 0) is 4.74 Å². The SMILES string of the molecule is CC1=C(c2cccc(C)c2)C(c2ccncc2)=C(COC(=O)c2ccccc2)N(C)C1. The third-order valence-corrected chi connectivity index (χ3v) is 5.53. The second-order valence-electron chi connectivity index (χ2n) is 7.88. The quantitative estimate of drug-likeness (QED) is 0.530. The van der Waals surface area contributed by atoms with Gasteiger partial charge in [0.25, 0.3) is 0 Å². The number of hydrogen-bond donors (Lipinski definition) is 0. The summed E-state index contributed by atoms with van der Waals surface area (Å²) in [7, 11) is 2.05. The molecule has 1 aliphatic rings. The summed E-state index contributed by atoms with van der Waals surface area (Å²) in [5, 5.41) is 0. The molecule has 0 aliphatic carbocycles. The molecule has 0 saturated carbocycles. The first-order valence-corrected chi connectivity index (χ1v) is 10.4. The summed E-state index contributed by atoms with van der Waals surface area (Å²) in [5.41, 5.74) is 8.53. The summed E-state index contributed by atoms with van der Waals surface area (Å²) in [4.78, 5) is 19.0. The number of benzene rings is 2. The van der Waals surface area contributed by atoms with Crippen LogP contribution in [0.3, 0.4) is 0 Å². The van der Waals surface area contributed by atoms with Crippen LogP contribution in [0.25, 0.3) is 11.1 Å². The Morgan fingerprint density at radius 1 is 0.935 bits per heavy atom. The number of aryl methyl sites for hydroxylation is 1. The summed E-state index contributed by atoms with van der Waals surface area (Å²) in [6.45, 7) is 5.25. The number of nitrogens with zero attached hydrogens (tertiary/aromatic N) is 2. The van der Waals surface area contributed by atoms with Gasteiger partial charge in [0, 0.05) is 31.6 Å². The van der Waals surface area contributed by atoms with Gasteiger partial charge in [0.15, 0.2) is 0 Å². The van der Waals surface area contributed by atoms with Crippen molar-refractivity contribution in [2.45, 2.75) is 13.8 Å². The molecule has 0 radical (unpaired) electrons. The monoisotopic (exact) mass is 410 g/mol. The van der Waals surface area contributed by atoms with E-state index in [4.69, 9.17) is 4.74 Å². The van der Waals surface area contributed by atoms with E-state index in [0.29, 0.717) is 5.56 Å². The summed E-state index contributed by atoms with van der Waals surface area (Å²) >= 11 is 0. The van der Waals surface area contributed by atoms with Gasteiger partial charge in [0.2, 0.25) is 0 Å². The molecule has 0 amide bonds. The molecular formula is C27H26N2O2. The van der Waals surface area contributed by atoms with Gasteiger partial charge >= 0.3 is 5.97 Å². The Balaban J connectivity index is 1.79. The second kappa shape index (κ2) is 9.00. The Morgan fingerprint density at radius 2 is 1.68 bits per heavy atom. The number of pyridine rings is 1. The average Bonchev–Trinajstić information content (AvgIpc) is 2.79. The number of aromatic nitrogens is 1. The zero-order valence-corrected chi connectivity index (χ0v) is 18.1. The molecule has 0 N–H and O–H groups in total. The van der Waals surface area contributed by atoms with Crippen LogP contribution in [0.2, 0.25) is 0 Å². The lowest BCUT2D eigenvalue weighted by molar-refractivity contribution is 0.0520. The van der Waals surface area contributed by atoms with Crippen molar-refractivity contribution in [2.24, 2.45) is 0 Å². The molecule has 4 rings (SSSR count). The first kappa shape index (κ1) is 20.6. The molecule has 2 heterocycles. The van der Waals surface area contributed by atoms with Gasteiger partial charge in [-0.25, -0.2) is 4.79 Å². The van der Waals surface area contributed by atoms with Crippen molar-refractivity contribution in [3.8, 4) is 0 Å². The predicted octanol–water partition coefficient (Wildman–Crippen LogP) is 5.38. The van der Waals surface area contributed by atoms with Gasteiger partial charge in [0.05, 0.1) is 11.3 Å².